The Bertz CT molecular complexity index is 1520. The normalized spacial score (nSPS) is 56.9. The lowest BCUT2D eigenvalue weighted by Gasteiger charge is -2.67. The van der Waals surface area contributed by atoms with E-state index in [4.69, 9.17) is 38.9 Å². The molecule has 0 radical (unpaired) electrons. The third-order valence-corrected chi connectivity index (χ3v) is 14.8. The van der Waals surface area contributed by atoms with Crippen molar-refractivity contribution in [1.82, 2.24) is 0 Å². The summed E-state index contributed by atoms with van der Waals surface area (Å²) in [5.41, 5.74) is 0.861. The number of carbonyl (C=O) groups is 5. The van der Waals surface area contributed by atoms with Crippen LogP contribution in [0.4, 0.5) is 0 Å². The lowest BCUT2D eigenvalue weighted by atomic mass is 9.40. The molecule has 4 saturated carbocycles. The zero-order valence-electron chi connectivity index (χ0n) is 29.8. The Labute approximate surface area is 290 Å². The molecule has 15 nitrogen and oxygen atoms in total. The maximum Gasteiger partial charge on any atom is 0.341 e. The van der Waals surface area contributed by atoms with Crippen LogP contribution in [0.5, 0.6) is 0 Å². The molecule has 0 aromatic heterocycles. The molecule has 3 unspecified atom stereocenters. The van der Waals surface area contributed by atoms with Gasteiger partial charge in [-0.05, 0) is 33.1 Å². The SMILES string of the molecule is CC(=O)O[C@H]1[C@@H]2[C@H](C(C)O[C@@]3(C)OC(=O)[C@@](C)(O)[C@]23C)[C@]2(C)[C@@H]1C1C([C@H](OC(C)=O)[C@@H]2OC(C)=O)[C@]2(C)[C@H](C[C@@H]3O[C@@H]3[C@@H]2O)[C@H](N)[C@@H]1OC=O. The predicted octanol–water partition coefficient (Wildman–Crippen LogP) is 0.382. The van der Waals surface area contributed by atoms with Crippen LogP contribution in [0.15, 0.2) is 0 Å². The molecule has 50 heavy (non-hydrogen) atoms. The van der Waals surface area contributed by atoms with E-state index in [2.05, 4.69) is 0 Å². The van der Waals surface area contributed by atoms with Crippen LogP contribution in [-0.4, -0.2) is 107 Å². The van der Waals surface area contributed by atoms with Gasteiger partial charge in [0.05, 0.1) is 23.7 Å². The summed E-state index contributed by atoms with van der Waals surface area (Å²) in [6.07, 6.45) is -6.92. The monoisotopic (exact) mass is 707 g/mol. The van der Waals surface area contributed by atoms with Gasteiger partial charge in [-0.15, -0.1) is 0 Å². The second kappa shape index (κ2) is 10.8. The van der Waals surface area contributed by atoms with E-state index in [9.17, 15) is 34.2 Å². The number of fused-ring (bicyclic) bond motifs is 10. The number of epoxide rings is 1. The summed E-state index contributed by atoms with van der Waals surface area (Å²) in [7, 11) is 0. The Morgan fingerprint density at radius 3 is 2.04 bits per heavy atom. The van der Waals surface area contributed by atoms with E-state index in [0.29, 0.717) is 12.9 Å². The molecule has 7 fully saturated rings. The topological polar surface area (TPSA) is 220 Å². The molecule has 3 saturated heterocycles. The first-order valence-corrected chi connectivity index (χ1v) is 17.5. The molecule has 4 aliphatic carbocycles. The fraction of sp³-hybridized carbons (Fsp3) is 0.857. The molecule has 15 heteroatoms. The predicted molar refractivity (Wildman–Crippen MR) is 166 cm³/mol. The van der Waals surface area contributed by atoms with Crippen molar-refractivity contribution in [1.29, 1.82) is 0 Å². The summed E-state index contributed by atoms with van der Waals surface area (Å²) in [5, 5.41) is 24.1. The van der Waals surface area contributed by atoms with Gasteiger partial charge in [-0.2, -0.15) is 0 Å². The van der Waals surface area contributed by atoms with Crippen molar-refractivity contribution in [2.75, 3.05) is 0 Å². The molecule has 0 spiro atoms. The van der Waals surface area contributed by atoms with Gasteiger partial charge in [0.25, 0.3) is 6.47 Å². The number of esters is 4. The third-order valence-electron chi connectivity index (χ3n) is 14.8. The van der Waals surface area contributed by atoms with Gasteiger partial charge >= 0.3 is 23.9 Å². The minimum absolute atomic E-state index is 0.270. The fourth-order valence-electron chi connectivity index (χ4n) is 12.8. The number of ether oxygens (including phenoxy) is 7. The summed E-state index contributed by atoms with van der Waals surface area (Å²) in [4.78, 5) is 65.2. The van der Waals surface area contributed by atoms with Gasteiger partial charge < -0.3 is 49.1 Å². The molecule has 3 heterocycles. The molecule has 0 aromatic carbocycles. The van der Waals surface area contributed by atoms with Crippen LogP contribution in [0.2, 0.25) is 0 Å². The summed E-state index contributed by atoms with van der Waals surface area (Å²) >= 11 is 0. The van der Waals surface area contributed by atoms with Crippen LogP contribution < -0.4 is 5.73 Å². The standard InChI is InChI=1S/C35H49NO14/c1-12-19-22(33(7)34(8,43)30(42)50-35(33,9)49-12)26(45-13(2)38)20-18-21(27(46-14(3)39)29(32(19,20)6)47-15(4)40)31(5)16(23(36)25(18)44-11-37)10-17-24(48-17)28(31)41/h11-12,16-29,41,43H,10,36H2,1-9H3/t12?,16-,17+,18?,19+,20-,21?,22+,23+,24+,25-,26-,27+,28+,29+,31+,32-,33+,34-,35+/m1/s1. The highest BCUT2D eigenvalue weighted by Crippen LogP contribution is 2.76. The zero-order valence-corrected chi connectivity index (χ0v) is 29.8. The van der Waals surface area contributed by atoms with Crippen molar-refractivity contribution in [2.45, 2.75) is 135 Å². The van der Waals surface area contributed by atoms with E-state index in [-0.39, 0.29) is 6.10 Å². The molecule has 0 aromatic rings. The van der Waals surface area contributed by atoms with E-state index in [1.807, 2.05) is 13.8 Å². The number of aliphatic hydroxyl groups excluding tert-OH is 1. The van der Waals surface area contributed by atoms with Gasteiger partial charge in [0, 0.05) is 74.2 Å². The quantitative estimate of drug-likeness (QED) is 0.152. The average Bonchev–Trinajstić information content (AvgIpc) is 3.70. The second-order valence-corrected chi connectivity index (χ2v) is 16.7. The lowest BCUT2D eigenvalue weighted by molar-refractivity contribution is -0.341. The van der Waals surface area contributed by atoms with E-state index in [1.54, 1.807) is 20.8 Å². The fourth-order valence-corrected chi connectivity index (χ4v) is 12.8. The summed E-state index contributed by atoms with van der Waals surface area (Å²) < 4.78 is 43.0. The van der Waals surface area contributed by atoms with Crippen LogP contribution in [-0.2, 0) is 57.1 Å². The van der Waals surface area contributed by atoms with Crippen molar-refractivity contribution in [3.05, 3.63) is 0 Å². The first kappa shape index (κ1) is 35.5. The highest BCUT2D eigenvalue weighted by atomic mass is 16.7. The minimum atomic E-state index is -2.16. The Kier molecular flexibility index (Phi) is 7.71. The number of aliphatic hydroxyl groups is 2. The number of rotatable bonds is 5. The molecule has 0 bridgehead atoms. The number of hydrogen-bond acceptors (Lipinski definition) is 15. The number of hydrogen-bond donors (Lipinski definition) is 3. The van der Waals surface area contributed by atoms with Crippen molar-refractivity contribution in [3.8, 4) is 0 Å². The molecular weight excluding hydrogens is 658 g/mol. The molecule has 4 N–H and O–H groups in total. The van der Waals surface area contributed by atoms with E-state index in [0.717, 1.165) is 0 Å². The molecule has 20 atom stereocenters. The summed E-state index contributed by atoms with van der Waals surface area (Å²) in [6.45, 7) is 14.0. The first-order valence-electron chi connectivity index (χ1n) is 17.5. The summed E-state index contributed by atoms with van der Waals surface area (Å²) in [5.74, 6) is -9.49. The molecule has 7 aliphatic rings. The van der Waals surface area contributed by atoms with E-state index < -0.39 is 136 Å². The number of carbonyl (C=O) groups excluding carboxylic acids is 5. The molecule has 278 valence electrons. The molecular formula is C35H49NO14. The lowest BCUT2D eigenvalue weighted by Crippen LogP contribution is -2.76. The van der Waals surface area contributed by atoms with Gasteiger partial charge in [-0.1, -0.05) is 13.8 Å². The molecule has 7 rings (SSSR count). The Morgan fingerprint density at radius 2 is 1.46 bits per heavy atom. The van der Waals surface area contributed by atoms with Gasteiger partial charge in [-0.25, -0.2) is 4.79 Å². The Hall–Kier alpha value is -2.85. The largest absolute Gasteiger partial charge is 0.463 e. The van der Waals surface area contributed by atoms with Gasteiger partial charge in [-0.3, -0.25) is 19.2 Å². The minimum Gasteiger partial charge on any atom is -0.463 e. The van der Waals surface area contributed by atoms with Crippen LogP contribution >= 0.6 is 0 Å². The maximum absolute atomic E-state index is 13.5. The smallest absolute Gasteiger partial charge is 0.341 e. The van der Waals surface area contributed by atoms with Gasteiger partial charge in [0.2, 0.25) is 5.79 Å². The van der Waals surface area contributed by atoms with Crippen LogP contribution in [0.1, 0.15) is 68.7 Å². The third kappa shape index (κ3) is 4.12. The maximum atomic E-state index is 13.5. The highest BCUT2D eigenvalue weighted by Gasteiger charge is 2.86. The van der Waals surface area contributed by atoms with Crippen LogP contribution in [0.3, 0.4) is 0 Å². The van der Waals surface area contributed by atoms with Crippen molar-refractivity contribution in [3.63, 3.8) is 0 Å². The van der Waals surface area contributed by atoms with Crippen molar-refractivity contribution >= 4 is 30.3 Å². The zero-order chi connectivity index (χ0) is 36.8. The van der Waals surface area contributed by atoms with Gasteiger partial charge in [0.1, 0.15) is 30.5 Å². The van der Waals surface area contributed by atoms with Crippen molar-refractivity contribution in [2.24, 2.45) is 57.5 Å². The number of nitrogens with two attached hydrogens (primary N) is 1. The Morgan fingerprint density at radius 1 is 0.880 bits per heavy atom. The first-order chi connectivity index (χ1) is 23.1. The second-order valence-electron chi connectivity index (χ2n) is 16.7. The van der Waals surface area contributed by atoms with E-state index in [1.165, 1.54) is 27.7 Å². The van der Waals surface area contributed by atoms with E-state index >= 15 is 0 Å². The molecule has 3 aliphatic heterocycles. The van der Waals surface area contributed by atoms with Crippen molar-refractivity contribution < 1.29 is 67.3 Å². The average molecular weight is 708 g/mol. The Balaban J connectivity index is 1.55. The summed E-state index contributed by atoms with van der Waals surface area (Å²) in [6, 6.07) is -0.853. The van der Waals surface area contributed by atoms with Crippen LogP contribution in [0, 0.1) is 51.8 Å². The van der Waals surface area contributed by atoms with Gasteiger partial charge in [0.15, 0.2) is 5.60 Å². The highest BCUT2D eigenvalue weighted by molar-refractivity contribution is 5.83. The molecule has 0 amide bonds. The van der Waals surface area contributed by atoms with Crippen LogP contribution in [0.25, 0.3) is 0 Å².